The standard InChI is InChI=1S/C18H16BrN3O2S2/c1-11-7-12(4-5-14(11)19)21-17(24)9-20-16(23)8-13-10-26-18(22-13)15-3-2-6-25-15/h2-7,10H,8-9H2,1H3,(H,20,23)(H,21,24). The van der Waals surface area contributed by atoms with Gasteiger partial charge in [0.2, 0.25) is 11.8 Å². The number of hydrogen-bond acceptors (Lipinski definition) is 5. The Labute approximate surface area is 167 Å². The third-order valence-electron chi connectivity index (χ3n) is 3.51. The summed E-state index contributed by atoms with van der Waals surface area (Å²) >= 11 is 6.55. The molecule has 5 nitrogen and oxygen atoms in total. The monoisotopic (exact) mass is 449 g/mol. The number of rotatable bonds is 6. The number of thiazole rings is 1. The largest absolute Gasteiger partial charge is 0.347 e. The SMILES string of the molecule is Cc1cc(NC(=O)CNC(=O)Cc2csc(-c3cccs3)n2)ccc1Br. The van der Waals surface area contributed by atoms with Crippen molar-refractivity contribution in [2.75, 3.05) is 11.9 Å². The molecule has 2 heterocycles. The lowest BCUT2D eigenvalue weighted by atomic mass is 10.2. The molecule has 2 aromatic heterocycles. The molecule has 3 aromatic rings. The summed E-state index contributed by atoms with van der Waals surface area (Å²) < 4.78 is 0.981. The number of aryl methyl sites for hydroxylation is 1. The highest BCUT2D eigenvalue weighted by Crippen LogP contribution is 2.27. The zero-order chi connectivity index (χ0) is 18.5. The Hall–Kier alpha value is -2.03. The van der Waals surface area contributed by atoms with Gasteiger partial charge in [0, 0.05) is 15.5 Å². The first-order valence-electron chi connectivity index (χ1n) is 7.82. The van der Waals surface area contributed by atoms with E-state index in [-0.39, 0.29) is 24.8 Å². The van der Waals surface area contributed by atoms with E-state index < -0.39 is 0 Å². The fourth-order valence-corrected chi connectivity index (χ4v) is 4.12. The van der Waals surface area contributed by atoms with E-state index in [1.807, 2.05) is 41.9 Å². The molecule has 0 aliphatic carbocycles. The molecule has 0 aliphatic heterocycles. The van der Waals surface area contributed by atoms with Gasteiger partial charge in [0.05, 0.1) is 23.5 Å². The van der Waals surface area contributed by atoms with Gasteiger partial charge in [0.25, 0.3) is 0 Å². The predicted octanol–water partition coefficient (Wildman–Crippen LogP) is 4.24. The van der Waals surface area contributed by atoms with Gasteiger partial charge in [0.15, 0.2) is 0 Å². The molecule has 0 unspecified atom stereocenters. The molecule has 0 fully saturated rings. The van der Waals surface area contributed by atoms with Crippen molar-refractivity contribution in [1.29, 1.82) is 0 Å². The van der Waals surface area contributed by atoms with E-state index in [0.29, 0.717) is 11.4 Å². The average molecular weight is 450 g/mol. The summed E-state index contributed by atoms with van der Waals surface area (Å²) in [6.45, 7) is 1.87. The number of benzene rings is 1. The van der Waals surface area contributed by atoms with Gasteiger partial charge in [-0.25, -0.2) is 4.98 Å². The van der Waals surface area contributed by atoms with Gasteiger partial charge in [-0.2, -0.15) is 0 Å². The van der Waals surface area contributed by atoms with Crippen molar-refractivity contribution < 1.29 is 9.59 Å². The zero-order valence-corrected chi connectivity index (χ0v) is 17.1. The molecule has 1 aromatic carbocycles. The van der Waals surface area contributed by atoms with Crippen LogP contribution in [0.2, 0.25) is 0 Å². The van der Waals surface area contributed by atoms with Crippen molar-refractivity contribution in [2.24, 2.45) is 0 Å². The molecule has 26 heavy (non-hydrogen) atoms. The smallest absolute Gasteiger partial charge is 0.243 e. The molecule has 0 atom stereocenters. The highest BCUT2D eigenvalue weighted by molar-refractivity contribution is 9.10. The zero-order valence-electron chi connectivity index (χ0n) is 13.9. The maximum Gasteiger partial charge on any atom is 0.243 e. The predicted molar refractivity (Wildman–Crippen MR) is 110 cm³/mol. The lowest BCUT2D eigenvalue weighted by molar-refractivity contribution is -0.123. The van der Waals surface area contributed by atoms with Crippen LogP contribution in [-0.4, -0.2) is 23.3 Å². The van der Waals surface area contributed by atoms with Crippen molar-refractivity contribution in [1.82, 2.24) is 10.3 Å². The summed E-state index contributed by atoms with van der Waals surface area (Å²) in [6, 6.07) is 9.52. The summed E-state index contributed by atoms with van der Waals surface area (Å²) in [5.74, 6) is -0.493. The third-order valence-corrected chi connectivity index (χ3v) is 6.33. The Morgan fingerprint density at radius 2 is 2.04 bits per heavy atom. The highest BCUT2D eigenvalue weighted by Gasteiger charge is 2.11. The number of halogens is 1. The van der Waals surface area contributed by atoms with E-state index >= 15 is 0 Å². The van der Waals surface area contributed by atoms with Crippen molar-refractivity contribution >= 4 is 56.1 Å². The lowest BCUT2D eigenvalue weighted by Gasteiger charge is -2.08. The van der Waals surface area contributed by atoms with Crippen molar-refractivity contribution in [2.45, 2.75) is 13.3 Å². The second kappa shape index (κ2) is 8.57. The van der Waals surface area contributed by atoms with E-state index in [1.54, 1.807) is 17.4 Å². The average Bonchev–Trinajstić information content (AvgIpc) is 3.28. The first-order valence-corrected chi connectivity index (χ1v) is 10.4. The molecule has 134 valence electrons. The second-order valence-corrected chi connectivity index (χ2v) is 8.25. The van der Waals surface area contributed by atoms with E-state index in [2.05, 4.69) is 31.5 Å². The number of anilines is 1. The minimum absolute atomic E-state index is 0.0735. The number of carbonyl (C=O) groups excluding carboxylic acids is 2. The lowest BCUT2D eigenvalue weighted by Crippen LogP contribution is -2.33. The molecule has 2 N–H and O–H groups in total. The Morgan fingerprint density at radius 1 is 1.19 bits per heavy atom. The Balaban J connectivity index is 1.47. The number of carbonyl (C=O) groups is 2. The first-order chi connectivity index (χ1) is 12.5. The first kappa shape index (κ1) is 18.8. The van der Waals surface area contributed by atoms with Gasteiger partial charge in [0.1, 0.15) is 5.01 Å². The summed E-state index contributed by atoms with van der Waals surface area (Å²) in [6.07, 6.45) is 0.159. The van der Waals surface area contributed by atoms with Crippen LogP contribution in [0.25, 0.3) is 9.88 Å². The van der Waals surface area contributed by atoms with Crippen LogP contribution in [-0.2, 0) is 16.0 Å². The van der Waals surface area contributed by atoms with Crippen LogP contribution in [0.3, 0.4) is 0 Å². The second-order valence-electron chi connectivity index (χ2n) is 5.59. The van der Waals surface area contributed by atoms with E-state index in [0.717, 1.165) is 19.9 Å². The molecule has 0 radical (unpaired) electrons. The van der Waals surface area contributed by atoms with Gasteiger partial charge in [-0.15, -0.1) is 22.7 Å². The Bertz CT molecular complexity index is 922. The summed E-state index contributed by atoms with van der Waals surface area (Å²) in [4.78, 5) is 29.6. The molecule has 0 saturated carbocycles. The summed E-state index contributed by atoms with van der Waals surface area (Å²) in [5, 5.41) is 10.2. The fraction of sp³-hybridized carbons (Fsp3) is 0.167. The van der Waals surface area contributed by atoms with Gasteiger partial charge in [-0.1, -0.05) is 22.0 Å². The van der Waals surface area contributed by atoms with Crippen LogP contribution in [0.5, 0.6) is 0 Å². The molecular formula is C18H16BrN3O2S2. The highest BCUT2D eigenvalue weighted by atomic mass is 79.9. The minimum Gasteiger partial charge on any atom is -0.347 e. The van der Waals surface area contributed by atoms with E-state index in [1.165, 1.54) is 11.3 Å². The van der Waals surface area contributed by atoms with Crippen LogP contribution >= 0.6 is 38.6 Å². The molecule has 3 rings (SSSR count). The van der Waals surface area contributed by atoms with Crippen LogP contribution < -0.4 is 10.6 Å². The number of nitrogens with one attached hydrogen (secondary N) is 2. The molecule has 0 bridgehead atoms. The van der Waals surface area contributed by atoms with Crippen LogP contribution in [0.4, 0.5) is 5.69 Å². The van der Waals surface area contributed by atoms with Crippen molar-refractivity contribution in [3.05, 3.63) is 56.8 Å². The number of nitrogens with zero attached hydrogens (tertiary/aromatic N) is 1. The fourth-order valence-electron chi connectivity index (χ4n) is 2.24. The third kappa shape index (κ3) is 5.00. The Kier molecular flexibility index (Phi) is 6.18. The molecule has 8 heteroatoms. The van der Waals surface area contributed by atoms with Gasteiger partial charge in [-0.05, 0) is 42.1 Å². The molecular weight excluding hydrogens is 434 g/mol. The van der Waals surface area contributed by atoms with Crippen molar-refractivity contribution in [3.63, 3.8) is 0 Å². The van der Waals surface area contributed by atoms with Gasteiger partial charge >= 0.3 is 0 Å². The number of amides is 2. The van der Waals surface area contributed by atoms with Crippen LogP contribution in [0, 0.1) is 6.92 Å². The normalized spacial score (nSPS) is 10.5. The minimum atomic E-state index is -0.266. The van der Waals surface area contributed by atoms with Gasteiger partial charge in [-0.3, -0.25) is 9.59 Å². The van der Waals surface area contributed by atoms with Crippen LogP contribution in [0.15, 0.2) is 45.6 Å². The van der Waals surface area contributed by atoms with Crippen molar-refractivity contribution in [3.8, 4) is 9.88 Å². The number of hydrogen-bond donors (Lipinski definition) is 2. The van der Waals surface area contributed by atoms with Crippen LogP contribution in [0.1, 0.15) is 11.3 Å². The summed E-state index contributed by atoms with van der Waals surface area (Å²) in [5.41, 5.74) is 2.43. The number of thiophene rings is 1. The molecule has 0 saturated heterocycles. The maximum atomic E-state index is 12.0. The summed E-state index contributed by atoms with van der Waals surface area (Å²) in [7, 11) is 0. The van der Waals surface area contributed by atoms with Gasteiger partial charge < -0.3 is 10.6 Å². The van der Waals surface area contributed by atoms with E-state index in [4.69, 9.17) is 0 Å². The maximum absolute atomic E-state index is 12.0. The topological polar surface area (TPSA) is 71.1 Å². The quantitative estimate of drug-likeness (QED) is 0.590. The van der Waals surface area contributed by atoms with E-state index in [9.17, 15) is 9.59 Å². The molecule has 2 amide bonds. The molecule has 0 spiro atoms. The molecule has 0 aliphatic rings. The Morgan fingerprint density at radius 3 is 2.77 bits per heavy atom. The number of aromatic nitrogens is 1.